The quantitative estimate of drug-likeness (QED) is 0.206. The molecule has 0 aliphatic heterocycles. The van der Waals surface area contributed by atoms with Crippen molar-refractivity contribution in [2.75, 3.05) is 5.32 Å². The van der Waals surface area contributed by atoms with E-state index < -0.39 is 19.0 Å². The Labute approximate surface area is 232 Å². The number of anilines is 1. The minimum absolute atomic E-state index is 0.0422. The number of benzene rings is 4. The van der Waals surface area contributed by atoms with Crippen molar-refractivity contribution >= 4 is 40.8 Å². The summed E-state index contributed by atoms with van der Waals surface area (Å²) in [4.78, 5) is 35.7. The molecule has 40 heavy (non-hydrogen) atoms. The van der Waals surface area contributed by atoms with Crippen molar-refractivity contribution in [1.82, 2.24) is 15.3 Å². The third-order valence-corrected chi connectivity index (χ3v) is 9.29. The van der Waals surface area contributed by atoms with E-state index in [0.717, 1.165) is 0 Å². The lowest BCUT2D eigenvalue weighted by atomic mass is 10.1. The first kappa shape index (κ1) is 26.5. The Morgan fingerprint density at radius 3 is 1.52 bits per heavy atom. The van der Waals surface area contributed by atoms with Gasteiger partial charge in [-0.05, 0) is 23.8 Å². The van der Waals surface area contributed by atoms with Crippen LogP contribution in [0.3, 0.4) is 0 Å². The van der Waals surface area contributed by atoms with Gasteiger partial charge in [0.25, 0.3) is 11.8 Å². The molecule has 5 aromatic rings. The molecule has 0 unspecified atom stereocenters. The van der Waals surface area contributed by atoms with Crippen molar-refractivity contribution in [3.8, 4) is 0 Å². The second-order valence-corrected chi connectivity index (χ2v) is 11.4. The van der Waals surface area contributed by atoms with E-state index in [1.807, 2.05) is 18.2 Å². The monoisotopic (exact) mass is 544 g/mol. The van der Waals surface area contributed by atoms with E-state index in [1.54, 1.807) is 109 Å². The van der Waals surface area contributed by atoms with Crippen molar-refractivity contribution in [2.24, 2.45) is 0 Å². The van der Waals surface area contributed by atoms with Crippen LogP contribution >= 0.6 is 7.14 Å². The normalized spacial score (nSPS) is 11.7. The van der Waals surface area contributed by atoms with Gasteiger partial charge in [0, 0.05) is 28.6 Å². The lowest BCUT2D eigenvalue weighted by molar-refractivity contribution is -0.113. The van der Waals surface area contributed by atoms with E-state index in [-0.39, 0.29) is 17.0 Å². The largest absolute Gasteiger partial charge is 0.317 e. The Bertz CT molecular complexity index is 1640. The fourth-order valence-corrected chi connectivity index (χ4v) is 7.27. The number of aromatic nitrogens is 2. The van der Waals surface area contributed by atoms with Crippen molar-refractivity contribution in [3.05, 3.63) is 157 Å². The van der Waals surface area contributed by atoms with Crippen LogP contribution in [-0.4, -0.2) is 21.8 Å². The molecule has 5 rings (SSSR count). The standard InChI is InChI=1S/C32H25N4O3P/c37-30(25-16-7-2-8-17-25)35-28(31(38)36-32-33-22-13-23-34-32)29(24-14-5-1-6-15-24)40(39,26-18-9-3-10-19-26)27-20-11-4-12-21-27/h1-23H,(H,35,37)(H,33,34,36,38)/b29-28-. The number of amides is 2. The van der Waals surface area contributed by atoms with Gasteiger partial charge in [0.1, 0.15) is 5.70 Å². The first-order valence-corrected chi connectivity index (χ1v) is 14.2. The summed E-state index contributed by atoms with van der Waals surface area (Å²) < 4.78 is 15.6. The molecule has 0 bridgehead atoms. The van der Waals surface area contributed by atoms with Crippen LogP contribution < -0.4 is 21.2 Å². The highest BCUT2D eigenvalue weighted by Crippen LogP contribution is 2.57. The SMILES string of the molecule is O=C(Nc1ncccn1)/C(NC(=O)c1ccccc1)=C(\c1ccccc1)P(=O)(c1ccccc1)c1ccccc1. The first-order valence-electron chi connectivity index (χ1n) is 12.5. The van der Waals surface area contributed by atoms with Crippen LogP contribution in [0, 0.1) is 0 Å². The average Bonchev–Trinajstić information content (AvgIpc) is 3.03. The zero-order valence-electron chi connectivity index (χ0n) is 21.3. The van der Waals surface area contributed by atoms with Crippen molar-refractivity contribution in [3.63, 3.8) is 0 Å². The molecule has 1 aromatic heterocycles. The molecule has 0 saturated carbocycles. The van der Waals surface area contributed by atoms with Crippen LogP contribution in [0.4, 0.5) is 5.95 Å². The second kappa shape index (κ2) is 12.2. The van der Waals surface area contributed by atoms with Gasteiger partial charge < -0.3 is 9.88 Å². The van der Waals surface area contributed by atoms with Gasteiger partial charge in [-0.25, -0.2) is 9.97 Å². The van der Waals surface area contributed by atoms with Crippen LogP contribution in [0.1, 0.15) is 15.9 Å². The Morgan fingerprint density at radius 1 is 0.575 bits per heavy atom. The van der Waals surface area contributed by atoms with E-state index in [0.29, 0.717) is 21.7 Å². The summed E-state index contributed by atoms with van der Waals surface area (Å²) in [6.07, 6.45) is 2.98. The minimum atomic E-state index is -3.76. The predicted octanol–water partition coefficient (Wildman–Crippen LogP) is 5.23. The summed E-state index contributed by atoms with van der Waals surface area (Å²) >= 11 is 0. The lowest BCUT2D eigenvalue weighted by Crippen LogP contribution is -2.33. The Morgan fingerprint density at radius 2 is 1.02 bits per heavy atom. The van der Waals surface area contributed by atoms with Crippen molar-refractivity contribution < 1.29 is 14.2 Å². The molecule has 7 nitrogen and oxygen atoms in total. The number of nitrogens with one attached hydrogen (secondary N) is 2. The molecule has 4 aromatic carbocycles. The van der Waals surface area contributed by atoms with Gasteiger partial charge in [0.2, 0.25) is 5.95 Å². The molecule has 0 fully saturated rings. The molecule has 0 radical (unpaired) electrons. The zero-order chi connectivity index (χ0) is 27.8. The first-order chi connectivity index (χ1) is 19.6. The van der Waals surface area contributed by atoms with E-state index in [9.17, 15) is 9.59 Å². The van der Waals surface area contributed by atoms with Crippen LogP contribution in [0.2, 0.25) is 0 Å². The third kappa shape index (κ3) is 5.65. The van der Waals surface area contributed by atoms with Gasteiger partial charge in [-0.1, -0.05) is 109 Å². The van der Waals surface area contributed by atoms with Crippen LogP contribution in [0.5, 0.6) is 0 Å². The van der Waals surface area contributed by atoms with Crippen LogP contribution in [-0.2, 0) is 9.36 Å². The number of carbonyl (C=O) groups is 2. The van der Waals surface area contributed by atoms with Crippen molar-refractivity contribution in [2.45, 2.75) is 0 Å². The third-order valence-electron chi connectivity index (χ3n) is 6.13. The Kier molecular flexibility index (Phi) is 8.05. The maximum atomic E-state index is 15.6. The molecule has 0 aliphatic carbocycles. The molecule has 0 saturated heterocycles. The number of rotatable bonds is 8. The summed E-state index contributed by atoms with van der Waals surface area (Å²) in [5.41, 5.74) is 0.694. The van der Waals surface area contributed by atoms with E-state index >= 15 is 4.57 Å². The van der Waals surface area contributed by atoms with Gasteiger partial charge >= 0.3 is 0 Å². The average molecular weight is 545 g/mol. The molecule has 0 aliphatic rings. The molecule has 1 heterocycles. The Hall–Kier alpha value is -5.13. The molecule has 0 spiro atoms. The van der Waals surface area contributed by atoms with Gasteiger partial charge in [-0.15, -0.1) is 0 Å². The fraction of sp³-hybridized carbons (Fsp3) is 0. The smallest absolute Gasteiger partial charge is 0.275 e. The van der Waals surface area contributed by atoms with E-state index in [2.05, 4.69) is 20.6 Å². The summed E-state index contributed by atoms with van der Waals surface area (Å²) in [7, 11) is -3.76. The number of hydrogen-bond acceptors (Lipinski definition) is 5. The molecular weight excluding hydrogens is 519 g/mol. The number of hydrogen-bond donors (Lipinski definition) is 2. The molecule has 0 atom stereocenters. The second-order valence-electron chi connectivity index (χ2n) is 8.72. The fourth-order valence-electron chi connectivity index (χ4n) is 4.29. The van der Waals surface area contributed by atoms with Crippen LogP contribution in [0.15, 0.2) is 145 Å². The topological polar surface area (TPSA) is 101 Å². The van der Waals surface area contributed by atoms with Gasteiger partial charge in [0.15, 0.2) is 7.14 Å². The highest BCUT2D eigenvalue weighted by Gasteiger charge is 2.38. The van der Waals surface area contributed by atoms with E-state index in [4.69, 9.17) is 0 Å². The van der Waals surface area contributed by atoms with Gasteiger partial charge in [0.05, 0.1) is 5.31 Å². The number of nitrogens with zero attached hydrogens (tertiary/aromatic N) is 2. The summed E-state index contributed by atoms with van der Waals surface area (Å²) in [6.45, 7) is 0. The summed E-state index contributed by atoms with van der Waals surface area (Å²) in [5.74, 6) is -1.19. The lowest BCUT2D eigenvalue weighted by Gasteiger charge is -2.26. The Balaban J connectivity index is 1.81. The maximum absolute atomic E-state index is 15.6. The highest BCUT2D eigenvalue weighted by atomic mass is 31.2. The molecular formula is C32H25N4O3P. The predicted molar refractivity (Wildman–Crippen MR) is 158 cm³/mol. The molecule has 8 heteroatoms. The van der Waals surface area contributed by atoms with Gasteiger partial charge in [-0.3, -0.25) is 14.9 Å². The molecule has 2 N–H and O–H groups in total. The molecule has 196 valence electrons. The van der Waals surface area contributed by atoms with E-state index in [1.165, 1.54) is 12.4 Å². The zero-order valence-corrected chi connectivity index (χ0v) is 22.2. The van der Waals surface area contributed by atoms with Crippen molar-refractivity contribution in [1.29, 1.82) is 0 Å². The van der Waals surface area contributed by atoms with Gasteiger partial charge in [-0.2, -0.15) is 0 Å². The summed E-state index contributed by atoms with van der Waals surface area (Å²) in [6, 6.07) is 37.1. The molecule has 2 amide bonds. The highest BCUT2D eigenvalue weighted by molar-refractivity contribution is 7.87. The summed E-state index contributed by atoms with van der Waals surface area (Å²) in [5, 5.41) is 6.67. The van der Waals surface area contributed by atoms with Crippen LogP contribution in [0.25, 0.3) is 5.31 Å². The maximum Gasteiger partial charge on any atom is 0.275 e. The number of carbonyl (C=O) groups excluding carboxylic acids is 2. The minimum Gasteiger partial charge on any atom is -0.317 e.